The molecule has 0 atom stereocenters. The molecule has 0 spiro atoms. The Bertz CT molecular complexity index is 486. The molecule has 1 fully saturated rings. The molecule has 1 saturated carbocycles. The third kappa shape index (κ3) is 2.47. The van der Waals surface area contributed by atoms with Gasteiger partial charge in [0.2, 0.25) is 0 Å². The minimum atomic E-state index is -0.396. The number of hydrogen-bond acceptors (Lipinski definition) is 2. The maximum absolute atomic E-state index is 13.7. The monoisotopic (exact) mass is 284 g/mol. The van der Waals surface area contributed by atoms with Crippen molar-refractivity contribution in [3.63, 3.8) is 0 Å². The highest BCUT2D eigenvalue weighted by Gasteiger charge is 2.35. The van der Waals surface area contributed by atoms with E-state index in [-0.39, 0.29) is 36.0 Å². The molecule has 1 aliphatic heterocycles. The molecule has 0 bridgehead atoms. The zero-order chi connectivity index (χ0) is 12.7. The lowest BCUT2D eigenvalue weighted by Crippen LogP contribution is -2.41. The lowest BCUT2D eigenvalue weighted by atomic mass is 9.91. The van der Waals surface area contributed by atoms with Crippen molar-refractivity contribution < 1.29 is 9.18 Å². The van der Waals surface area contributed by atoms with Gasteiger partial charge in [0, 0.05) is 18.6 Å². The normalized spacial score (nSPS) is 26.0. The maximum atomic E-state index is 13.7. The molecular weight excluding hydrogens is 267 g/mol. The third-order valence-electron chi connectivity index (χ3n) is 4.10. The molecule has 1 amide bonds. The van der Waals surface area contributed by atoms with Crippen molar-refractivity contribution in [2.24, 2.45) is 5.73 Å². The van der Waals surface area contributed by atoms with Crippen LogP contribution in [0.3, 0.4) is 0 Å². The summed E-state index contributed by atoms with van der Waals surface area (Å²) in [6.07, 6.45) is 3.77. The standard InChI is InChI=1S/C14H17FN2O.ClH/c15-12-3-1-2-9-8-17(14(18)13(9)12)11-6-4-10(16)5-7-11;/h1-3,10-11H,4-8,16H2;1H. The van der Waals surface area contributed by atoms with Crippen LogP contribution in [-0.2, 0) is 6.54 Å². The summed E-state index contributed by atoms with van der Waals surface area (Å²) in [4.78, 5) is 14.1. The Balaban J connectivity index is 0.00000133. The number of amides is 1. The Morgan fingerprint density at radius 2 is 1.89 bits per heavy atom. The van der Waals surface area contributed by atoms with Crippen molar-refractivity contribution in [3.05, 3.63) is 35.1 Å². The summed E-state index contributed by atoms with van der Waals surface area (Å²) in [5.41, 5.74) is 6.96. The number of nitrogens with zero attached hydrogens (tertiary/aromatic N) is 1. The number of hydrogen-bond donors (Lipinski definition) is 1. The highest BCUT2D eigenvalue weighted by Crippen LogP contribution is 2.31. The fourth-order valence-corrected chi connectivity index (χ4v) is 3.05. The molecule has 1 aromatic carbocycles. The van der Waals surface area contributed by atoms with Crippen molar-refractivity contribution in [1.29, 1.82) is 0 Å². The second kappa shape index (κ2) is 5.47. The van der Waals surface area contributed by atoms with Crippen molar-refractivity contribution in [2.45, 2.75) is 44.3 Å². The van der Waals surface area contributed by atoms with E-state index < -0.39 is 5.82 Å². The van der Waals surface area contributed by atoms with Crippen molar-refractivity contribution in [3.8, 4) is 0 Å². The van der Waals surface area contributed by atoms with Crippen LogP contribution in [0.1, 0.15) is 41.6 Å². The average molecular weight is 285 g/mol. The first kappa shape index (κ1) is 14.3. The van der Waals surface area contributed by atoms with Gasteiger partial charge in [-0.25, -0.2) is 4.39 Å². The predicted octanol–water partition coefficient (Wildman–Crippen LogP) is 2.47. The van der Waals surface area contributed by atoms with E-state index in [2.05, 4.69) is 0 Å². The van der Waals surface area contributed by atoms with Gasteiger partial charge in [0.25, 0.3) is 5.91 Å². The highest BCUT2D eigenvalue weighted by atomic mass is 35.5. The molecule has 5 heteroatoms. The van der Waals surface area contributed by atoms with Crippen LogP contribution in [0.2, 0.25) is 0 Å². The number of nitrogens with two attached hydrogens (primary N) is 1. The van der Waals surface area contributed by atoms with Gasteiger partial charge in [0.1, 0.15) is 5.82 Å². The van der Waals surface area contributed by atoms with Crippen molar-refractivity contribution >= 4 is 18.3 Å². The molecular formula is C14H18ClFN2O. The Morgan fingerprint density at radius 1 is 1.21 bits per heavy atom. The predicted molar refractivity (Wildman–Crippen MR) is 73.8 cm³/mol. The van der Waals surface area contributed by atoms with Gasteiger partial charge in [-0.1, -0.05) is 12.1 Å². The molecule has 2 N–H and O–H groups in total. The van der Waals surface area contributed by atoms with Gasteiger partial charge in [0.15, 0.2) is 0 Å². The van der Waals surface area contributed by atoms with Gasteiger partial charge in [-0.15, -0.1) is 12.4 Å². The summed E-state index contributed by atoms with van der Waals surface area (Å²) in [6.45, 7) is 0.547. The highest BCUT2D eigenvalue weighted by molar-refractivity contribution is 5.98. The summed E-state index contributed by atoms with van der Waals surface area (Å²) in [5, 5.41) is 0. The van der Waals surface area contributed by atoms with Gasteiger partial charge in [-0.2, -0.15) is 0 Å². The van der Waals surface area contributed by atoms with Crippen LogP contribution in [0.15, 0.2) is 18.2 Å². The second-order valence-electron chi connectivity index (χ2n) is 5.28. The SMILES string of the molecule is Cl.NC1CCC(N2Cc3cccc(F)c3C2=O)CC1. The number of fused-ring (bicyclic) bond motifs is 1. The fraction of sp³-hybridized carbons (Fsp3) is 0.500. The van der Waals surface area contributed by atoms with Gasteiger partial charge >= 0.3 is 0 Å². The van der Waals surface area contributed by atoms with Crippen molar-refractivity contribution in [1.82, 2.24) is 4.90 Å². The van der Waals surface area contributed by atoms with E-state index >= 15 is 0 Å². The minimum absolute atomic E-state index is 0. The Labute approximate surface area is 118 Å². The molecule has 3 rings (SSSR count). The van der Waals surface area contributed by atoms with Gasteiger partial charge in [0.05, 0.1) is 5.56 Å². The first-order valence-corrected chi connectivity index (χ1v) is 6.51. The number of carbonyl (C=O) groups is 1. The molecule has 0 radical (unpaired) electrons. The van der Waals surface area contributed by atoms with E-state index in [0.717, 1.165) is 31.2 Å². The summed E-state index contributed by atoms with van der Waals surface area (Å²) in [6, 6.07) is 5.35. The van der Waals surface area contributed by atoms with Gasteiger partial charge in [-0.05, 0) is 37.3 Å². The largest absolute Gasteiger partial charge is 0.331 e. The molecule has 1 heterocycles. The summed E-state index contributed by atoms with van der Waals surface area (Å²) >= 11 is 0. The van der Waals surface area contributed by atoms with Crippen LogP contribution in [0.5, 0.6) is 0 Å². The summed E-state index contributed by atoms with van der Waals surface area (Å²) in [5.74, 6) is -0.545. The van der Waals surface area contributed by atoms with Crippen LogP contribution in [0.25, 0.3) is 0 Å². The molecule has 1 aliphatic carbocycles. The topological polar surface area (TPSA) is 46.3 Å². The zero-order valence-corrected chi connectivity index (χ0v) is 11.5. The minimum Gasteiger partial charge on any atom is -0.331 e. The number of halogens is 2. The lowest BCUT2D eigenvalue weighted by Gasteiger charge is -2.33. The number of carbonyl (C=O) groups excluding carboxylic acids is 1. The molecule has 0 unspecified atom stereocenters. The van der Waals surface area contributed by atoms with E-state index in [4.69, 9.17) is 5.73 Å². The average Bonchev–Trinajstić information content (AvgIpc) is 2.69. The third-order valence-corrected chi connectivity index (χ3v) is 4.10. The number of rotatable bonds is 1. The Morgan fingerprint density at radius 3 is 2.53 bits per heavy atom. The van der Waals surface area contributed by atoms with Crippen LogP contribution in [0, 0.1) is 5.82 Å². The van der Waals surface area contributed by atoms with E-state index in [1.54, 1.807) is 6.07 Å². The fourth-order valence-electron chi connectivity index (χ4n) is 3.05. The molecule has 0 saturated heterocycles. The Hall–Kier alpha value is -1.13. The molecule has 19 heavy (non-hydrogen) atoms. The van der Waals surface area contributed by atoms with Gasteiger partial charge < -0.3 is 10.6 Å². The molecule has 0 aromatic heterocycles. The molecule has 1 aromatic rings. The smallest absolute Gasteiger partial charge is 0.257 e. The first-order chi connectivity index (χ1) is 8.66. The van der Waals surface area contributed by atoms with Crippen molar-refractivity contribution in [2.75, 3.05) is 0 Å². The van der Waals surface area contributed by atoms with Gasteiger partial charge in [-0.3, -0.25) is 4.79 Å². The van der Waals surface area contributed by atoms with E-state index in [1.165, 1.54) is 6.07 Å². The number of benzene rings is 1. The van der Waals surface area contributed by atoms with Crippen LogP contribution < -0.4 is 5.73 Å². The summed E-state index contributed by atoms with van der Waals surface area (Å²) in [7, 11) is 0. The zero-order valence-electron chi connectivity index (χ0n) is 10.6. The van der Waals surface area contributed by atoms with E-state index in [1.807, 2.05) is 11.0 Å². The lowest BCUT2D eigenvalue weighted by molar-refractivity contribution is 0.0649. The first-order valence-electron chi connectivity index (χ1n) is 6.51. The maximum Gasteiger partial charge on any atom is 0.257 e. The van der Waals surface area contributed by atoms with Crippen LogP contribution in [-0.4, -0.2) is 22.9 Å². The molecule has 2 aliphatic rings. The van der Waals surface area contributed by atoms with E-state index in [0.29, 0.717) is 6.54 Å². The van der Waals surface area contributed by atoms with Crippen LogP contribution in [0.4, 0.5) is 4.39 Å². The summed E-state index contributed by atoms with van der Waals surface area (Å²) < 4.78 is 13.7. The molecule has 3 nitrogen and oxygen atoms in total. The van der Waals surface area contributed by atoms with E-state index in [9.17, 15) is 9.18 Å². The molecule has 104 valence electrons. The quantitative estimate of drug-likeness (QED) is 0.861. The second-order valence-corrected chi connectivity index (χ2v) is 5.28. The Kier molecular flexibility index (Phi) is 4.11. The van der Waals surface area contributed by atoms with Crippen LogP contribution >= 0.6 is 12.4 Å².